The molecule has 4 N–H and O–H groups in total. The highest BCUT2D eigenvalue weighted by Gasteiger charge is 2.20. The van der Waals surface area contributed by atoms with Gasteiger partial charge >= 0.3 is 5.69 Å². The van der Waals surface area contributed by atoms with Gasteiger partial charge in [-0.25, -0.2) is 14.8 Å². The predicted octanol–water partition coefficient (Wildman–Crippen LogP) is 1.42. The molecular formula is C20H16N8O2S. The number of fused-ring (bicyclic) bond motifs is 2. The lowest BCUT2D eigenvalue weighted by atomic mass is 10.3. The molecule has 4 aromatic heterocycles. The van der Waals surface area contributed by atoms with Gasteiger partial charge in [0.1, 0.15) is 11.5 Å². The Morgan fingerprint density at radius 3 is 2.90 bits per heavy atom. The van der Waals surface area contributed by atoms with Crippen LogP contribution in [0.4, 0.5) is 10.9 Å². The molecule has 0 unspecified atom stereocenters. The number of aromatic hydroxyl groups is 1. The maximum atomic E-state index is 11.5. The van der Waals surface area contributed by atoms with Gasteiger partial charge in [0.25, 0.3) is 0 Å². The van der Waals surface area contributed by atoms with E-state index in [-0.39, 0.29) is 11.6 Å². The van der Waals surface area contributed by atoms with E-state index in [4.69, 9.17) is 9.98 Å². The Morgan fingerprint density at radius 1 is 1.26 bits per heavy atom. The highest BCUT2D eigenvalue weighted by molar-refractivity contribution is 7.22. The standard InChI is InChI=1S/C20H16N8O2S/c29-18-13(23-19(30)27-18)7-10-9-21-28-16(22-11-5-6-11)8-15(25-17(10)28)26-20-24-12-3-1-2-4-14(12)31-20/h1-4,7-9,11,29H,5-6H2,(H,24,26)(H2,23,27,30)/b10-7-,22-16?. The zero-order chi connectivity index (χ0) is 20.9. The number of para-hydroxylation sites is 1. The summed E-state index contributed by atoms with van der Waals surface area (Å²) >= 11 is 1.54. The molecule has 1 saturated carbocycles. The van der Waals surface area contributed by atoms with Gasteiger partial charge in [0.05, 0.1) is 22.5 Å². The van der Waals surface area contributed by atoms with E-state index in [2.05, 4.69) is 25.4 Å². The van der Waals surface area contributed by atoms with Crippen molar-refractivity contribution in [2.75, 3.05) is 5.32 Å². The van der Waals surface area contributed by atoms with Crippen molar-refractivity contribution < 1.29 is 5.11 Å². The van der Waals surface area contributed by atoms with Crippen molar-refractivity contribution in [1.29, 1.82) is 0 Å². The van der Waals surface area contributed by atoms with Crippen LogP contribution in [0.2, 0.25) is 0 Å². The number of H-pyrrole nitrogens is 2. The smallest absolute Gasteiger partial charge is 0.326 e. The highest BCUT2D eigenvalue weighted by Crippen LogP contribution is 2.27. The minimum absolute atomic E-state index is 0.240. The summed E-state index contributed by atoms with van der Waals surface area (Å²) in [6, 6.07) is 10.1. The molecule has 1 fully saturated rings. The lowest BCUT2D eigenvalue weighted by Gasteiger charge is -2.03. The number of rotatable bonds is 4. The second-order valence-electron chi connectivity index (χ2n) is 7.29. The minimum atomic E-state index is -0.490. The Labute approximate surface area is 177 Å². The van der Waals surface area contributed by atoms with Gasteiger partial charge in [0.2, 0.25) is 5.88 Å². The van der Waals surface area contributed by atoms with Crippen molar-refractivity contribution >= 4 is 44.2 Å². The molecule has 0 saturated heterocycles. The SMILES string of the molecule is O=c1[nH]c(O)c(/C=c2/cnn3c(=NC4CC4)cc(Nc4nc5ccccc5s4)nc23)[nH]1. The summed E-state index contributed by atoms with van der Waals surface area (Å²) in [5.41, 5.74) is 1.92. The molecule has 10 nitrogen and oxygen atoms in total. The Hall–Kier alpha value is -3.99. The Kier molecular flexibility index (Phi) is 3.90. The van der Waals surface area contributed by atoms with Crippen LogP contribution in [0.15, 0.2) is 46.3 Å². The Balaban J connectivity index is 1.51. The van der Waals surface area contributed by atoms with E-state index in [0.29, 0.717) is 28.2 Å². The van der Waals surface area contributed by atoms with Gasteiger partial charge in [-0.1, -0.05) is 23.5 Å². The number of anilines is 2. The van der Waals surface area contributed by atoms with Gasteiger partial charge in [0.15, 0.2) is 16.3 Å². The lowest BCUT2D eigenvalue weighted by molar-refractivity contribution is 0.454. The second-order valence-corrected chi connectivity index (χ2v) is 8.32. The molecule has 1 aliphatic rings. The maximum absolute atomic E-state index is 11.5. The monoisotopic (exact) mass is 432 g/mol. The number of benzene rings is 1. The molecular weight excluding hydrogens is 416 g/mol. The van der Waals surface area contributed by atoms with E-state index in [1.54, 1.807) is 28.1 Å². The van der Waals surface area contributed by atoms with E-state index in [9.17, 15) is 9.90 Å². The van der Waals surface area contributed by atoms with E-state index in [1.165, 1.54) is 0 Å². The number of hydrogen-bond donors (Lipinski definition) is 4. The molecule has 31 heavy (non-hydrogen) atoms. The highest BCUT2D eigenvalue weighted by atomic mass is 32.1. The molecule has 0 spiro atoms. The average Bonchev–Trinajstić information content (AvgIpc) is 3.18. The number of aromatic amines is 2. The molecule has 0 amide bonds. The largest absolute Gasteiger partial charge is 0.493 e. The molecule has 0 atom stereocenters. The quantitative estimate of drug-likeness (QED) is 0.339. The van der Waals surface area contributed by atoms with E-state index in [1.807, 2.05) is 30.3 Å². The molecule has 5 aromatic rings. The number of aromatic nitrogens is 6. The number of hydrogen-bond acceptors (Lipinski definition) is 8. The van der Waals surface area contributed by atoms with E-state index in [0.717, 1.165) is 28.2 Å². The van der Waals surface area contributed by atoms with Crippen LogP contribution in [0.3, 0.4) is 0 Å². The summed E-state index contributed by atoms with van der Waals surface area (Å²) in [5.74, 6) is 0.351. The summed E-state index contributed by atoms with van der Waals surface area (Å²) in [7, 11) is 0. The first-order valence-corrected chi connectivity index (χ1v) is 10.5. The van der Waals surface area contributed by atoms with Crippen LogP contribution in [-0.4, -0.2) is 40.7 Å². The minimum Gasteiger partial charge on any atom is -0.493 e. The predicted molar refractivity (Wildman–Crippen MR) is 116 cm³/mol. The second kappa shape index (κ2) is 6.77. The summed E-state index contributed by atoms with van der Waals surface area (Å²) in [4.78, 5) is 30.4. The zero-order valence-electron chi connectivity index (χ0n) is 16.0. The van der Waals surface area contributed by atoms with Gasteiger partial charge in [0, 0.05) is 11.3 Å². The van der Waals surface area contributed by atoms with Crippen LogP contribution in [0.25, 0.3) is 21.9 Å². The van der Waals surface area contributed by atoms with Crippen LogP contribution in [0.5, 0.6) is 5.88 Å². The van der Waals surface area contributed by atoms with Crippen molar-refractivity contribution in [3.8, 4) is 5.88 Å². The fourth-order valence-electron chi connectivity index (χ4n) is 3.30. The molecule has 6 rings (SSSR count). The Morgan fingerprint density at radius 2 is 2.13 bits per heavy atom. The molecule has 1 aromatic carbocycles. The van der Waals surface area contributed by atoms with Crippen molar-refractivity contribution in [2.24, 2.45) is 4.99 Å². The zero-order valence-corrected chi connectivity index (χ0v) is 16.8. The van der Waals surface area contributed by atoms with Crippen LogP contribution >= 0.6 is 11.3 Å². The van der Waals surface area contributed by atoms with Crippen LogP contribution in [0, 0.1) is 0 Å². The topological polar surface area (TPSA) is 136 Å². The van der Waals surface area contributed by atoms with Gasteiger partial charge in [-0.05, 0) is 31.1 Å². The van der Waals surface area contributed by atoms with E-state index >= 15 is 0 Å². The lowest BCUT2D eigenvalue weighted by Crippen LogP contribution is -2.19. The normalized spacial score (nSPS) is 15.4. The number of thiazole rings is 1. The third kappa shape index (κ3) is 3.34. The summed E-state index contributed by atoms with van der Waals surface area (Å²) in [6.45, 7) is 0. The molecule has 154 valence electrons. The summed E-state index contributed by atoms with van der Waals surface area (Å²) in [5, 5.41) is 19.0. The fourth-order valence-corrected chi connectivity index (χ4v) is 4.17. The Bertz CT molecular complexity index is 1590. The summed E-state index contributed by atoms with van der Waals surface area (Å²) in [6.07, 6.45) is 5.36. The molecule has 0 aliphatic heterocycles. The molecule has 0 radical (unpaired) electrons. The van der Waals surface area contributed by atoms with Gasteiger partial charge in [-0.2, -0.15) is 9.61 Å². The van der Waals surface area contributed by atoms with Crippen molar-refractivity contribution in [3.63, 3.8) is 0 Å². The van der Waals surface area contributed by atoms with Crippen LogP contribution in [0.1, 0.15) is 18.5 Å². The molecule has 1 aliphatic carbocycles. The number of nitrogens with one attached hydrogen (secondary N) is 3. The van der Waals surface area contributed by atoms with Crippen molar-refractivity contribution in [1.82, 2.24) is 29.5 Å². The summed E-state index contributed by atoms with van der Waals surface area (Å²) < 4.78 is 2.74. The van der Waals surface area contributed by atoms with Crippen molar-refractivity contribution in [2.45, 2.75) is 18.9 Å². The van der Waals surface area contributed by atoms with Crippen LogP contribution in [-0.2, 0) is 0 Å². The van der Waals surface area contributed by atoms with Gasteiger partial charge in [-0.3, -0.25) is 9.98 Å². The first-order valence-electron chi connectivity index (χ1n) is 9.70. The van der Waals surface area contributed by atoms with Crippen LogP contribution < -0.4 is 21.7 Å². The third-order valence-electron chi connectivity index (χ3n) is 4.91. The number of imidazole rings is 1. The molecule has 4 heterocycles. The first-order chi connectivity index (χ1) is 15.1. The van der Waals surface area contributed by atoms with Gasteiger partial charge < -0.3 is 15.4 Å². The first kappa shape index (κ1) is 17.8. The fraction of sp³-hybridized carbons (Fsp3) is 0.150. The number of nitrogens with zero attached hydrogens (tertiary/aromatic N) is 5. The third-order valence-corrected chi connectivity index (χ3v) is 5.86. The van der Waals surface area contributed by atoms with E-state index < -0.39 is 5.69 Å². The maximum Gasteiger partial charge on any atom is 0.326 e. The van der Waals surface area contributed by atoms with Gasteiger partial charge in [-0.15, -0.1) is 0 Å². The van der Waals surface area contributed by atoms with Crippen molar-refractivity contribution in [3.05, 3.63) is 63.4 Å². The molecule has 11 heteroatoms. The molecule has 0 bridgehead atoms. The average molecular weight is 432 g/mol.